The quantitative estimate of drug-likeness (QED) is 0.631. The standard InChI is InChI=1S/C14H19N3O2S/c1-2-17-10-11(9-13(17)18)14(19)16-7-8-20-12-5-3-4-6-15-12/h3-6,11H,2,7-10H2,1H3,(H,16,19). The molecule has 5 nitrogen and oxygen atoms in total. The third-order valence-electron chi connectivity index (χ3n) is 3.26. The molecule has 0 aliphatic carbocycles. The van der Waals surface area contributed by atoms with Crippen molar-refractivity contribution in [3.8, 4) is 0 Å². The van der Waals surface area contributed by atoms with E-state index in [0.29, 0.717) is 26.1 Å². The zero-order chi connectivity index (χ0) is 14.4. The van der Waals surface area contributed by atoms with Gasteiger partial charge in [-0.3, -0.25) is 9.59 Å². The number of carbonyl (C=O) groups excluding carboxylic acids is 2. The van der Waals surface area contributed by atoms with Gasteiger partial charge in [0.1, 0.15) is 0 Å². The Hall–Kier alpha value is -1.56. The molecule has 0 radical (unpaired) electrons. The van der Waals surface area contributed by atoms with Crippen LogP contribution in [0.1, 0.15) is 13.3 Å². The van der Waals surface area contributed by atoms with E-state index in [1.807, 2.05) is 25.1 Å². The molecule has 1 aromatic rings. The molecule has 1 unspecified atom stereocenters. The van der Waals surface area contributed by atoms with Crippen LogP contribution in [0, 0.1) is 5.92 Å². The maximum Gasteiger partial charge on any atom is 0.225 e. The molecular formula is C14H19N3O2S. The number of hydrogen-bond acceptors (Lipinski definition) is 4. The molecule has 0 spiro atoms. The molecule has 0 aromatic carbocycles. The van der Waals surface area contributed by atoms with Gasteiger partial charge in [0.25, 0.3) is 0 Å². The first-order chi connectivity index (χ1) is 9.70. The van der Waals surface area contributed by atoms with Crippen LogP contribution in [0.25, 0.3) is 0 Å². The average molecular weight is 293 g/mol. The van der Waals surface area contributed by atoms with Crippen LogP contribution >= 0.6 is 11.8 Å². The Bertz CT molecular complexity index is 467. The Balaban J connectivity index is 1.67. The van der Waals surface area contributed by atoms with Crippen molar-refractivity contribution in [1.82, 2.24) is 15.2 Å². The summed E-state index contributed by atoms with van der Waals surface area (Å²) < 4.78 is 0. The molecule has 2 rings (SSSR count). The van der Waals surface area contributed by atoms with Crippen LogP contribution in [0.15, 0.2) is 29.4 Å². The van der Waals surface area contributed by atoms with E-state index in [9.17, 15) is 9.59 Å². The molecule has 1 fully saturated rings. The Morgan fingerprint density at radius 3 is 3.05 bits per heavy atom. The Morgan fingerprint density at radius 1 is 1.55 bits per heavy atom. The summed E-state index contributed by atoms with van der Waals surface area (Å²) in [5.74, 6) is 0.648. The minimum atomic E-state index is -0.192. The van der Waals surface area contributed by atoms with Gasteiger partial charge in [0.15, 0.2) is 0 Å². The summed E-state index contributed by atoms with van der Waals surface area (Å²) in [6.07, 6.45) is 2.09. The maximum absolute atomic E-state index is 11.9. The third-order valence-corrected chi connectivity index (χ3v) is 4.20. The highest BCUT2D eigenvalue weighted by molar-refractivity contribution is 7.99. The topological polar surface area (TPSA) is 62.3 Å². The van der Waals surface area contributed by atoms with Crippen LogP contribution in [0.3, 0.4) is 0 Å². The SMILES string of the molecule is CCN1CC(C(=O)NCCSc2ccccn2)CC1=O. The number of hydrogen-bond donors (Lipinski definition) is 1. The fourth-order valence-corrected chi connectivity index (χ4v) is 2.88. The molecule has 2 amide bonds. The van der Waals surface area contributed by atoms with Gasteiger partial charge in [-0.1, -0.05) is 6.07 Å². The van der Waals surface area contributed by atoms with Crippen LogP contribution in [0.5, 0.6) is 0 Å². The van der Waals surface area contributed by atoms with Crippen LogP contribution in [-0.2, 0) is 9.59 Å². The van der Waals surface area contributed by atoms with E-state index in [4.69, 9.17) is 0 Å². The van der Waals surface area contributed by atoms with Gasteiger partial charge in [-0.25, -0.2) is 4.98 Å². The summed E-state index contributed by atoms with van der Waals surface area (Å²) in [5.41, 5.74) is 0. The predicted molar refractivity (Wildman–Crippen MR) is 78.3 cm³/mol. The molecule has 1 atom stereocenters. The fourth-order valence-electron chi connectivity index (χ4n) is 2.16. The largest absolute Gasteiger partial charge is 0.355 e. The van der Waals surface area contributed by atoms with Crippen LogP contribution in [-0.4, -0.2) is 47.1 Å². The smallest absolute Gasteiger partial charge is 0.225 e. The van der Waals surface area contributed by atoms with Crippen molar-refractivity contribution < 1.29 is 9.59 Å². The summed E-state index contributed by atoms with van der Waals surface area (Å²) in [6.45, 7) is 3.76. The van der Waals surface area contributed by atoms with Crippen LogP contribution in [0.2, 0.25) is 0 Å². The first-order valence-electron chi connectivity index (χ1n) is 6.80. The van der Waals surface area contributed by atoms with Crippen LogP contribution < -0.4 is 5.32 Å². The van der Waals surface area contributed by atoms with E-state index in [2.05, 4.69) is 10.3 Å². The van der Waals surface area contributed by atoms with Gasteiger partial charge in [0, 0.05) is 38.0 Å². The Labute approximate surface area is 123 Å². The first-order valence-corrected chi connectivity index (χ1v) is 7.78. The molecule has 1 aliphatic rings. The molecule has 1 aromatic heterocycles. The summed E-state index contributed by atoms with van der Waals surface area (Å²) in [7, 11) is 0. The molecule has 0 saturated carbocycles. The number of rotatable bonds is 6. The van der Waals surface area contributed by atoms with E-state index in [1.54, 1.807) is 22.9 Å². The molecule has 20 heavy (non-hydrogen) atoms. The lowest BCUT2D eigenvalue weighted by molar-refractivity contribution is -0.128. The molecule has 1 N–H and O–H groups in total. The fraction of sp³-hybridized carbons (Fsp3) is 0.500. The van der Waals surface area contributed by atoms with Crippen molar-refractivity contribution in [2.75, 3.05) is 25.4 Å². The van der Waals surface area contributed by atoms with Gasteiger partial charge in [0.05, 0.1) is 10.9 Å². The van der Waals surface area contributed by atoms with Gasteiger partial charge in [-0.05, 0) is 19.1 Å². The van der Waals surface area contributed by atoms with Crippen molar-refractivity contribution >= 4 is 23.6 Å². The maximum atomic E-state index is 11.9. The molecule has 1 aliphatic heterocycles. The Kier molecular flexibility index (Phi) is 5.40. The number of pyridine rings is 1. The van der Waals surface area contributed by atoms with Crippen molar-refractivity contribution in [2.45, 2.75) is 18.4 Å². The van der Waals surface area contributed by atoms with E-state index < -0.39 is 0 Å². The minimum absolute atomic E-state index is 0.0177. The normalized spacial score (nSPS) is 18.4. The van der Waals surface area contributed by atoms with Crippen molar-refractivity contribution in [1.29, 1.82) is 0 Å². The third kappa shape index (κ3) is 3.96. The molecular weight excluding hydrogens is 274 g/mol. The lowest BCUT2D eigenvalue weighted by atomic mass is 10.1. The zero-order valence-electron chi connectivity index (χ0n) is 11.5. The van der Waals surface area contributed by atoms with E-state index in [1.165, 1.54) is 0 Å². The van der Waals surface area contributed by atoms with E-state index in [-0.39, 0.29) is 17.7 Å². The number of carbonyl (C=O) groups is 2. The molecule has 0 bridgehead atoms. The van der Waals surface area contributed by atoms with Crippen molar-refractivity contribution in [2.24, 2.45) is 5.92 Å². The van der Waals surface area contributed by atoms with E-state index >= 15 is 0 Å². The average Bonchev–Trinajstić information content (AvgIpc) is 2.86. The number of likely N-dealkylation sites (tertiary alicyclic amines) is 1. The van der Waals surface area contributed by atoms with Crippen molar-refractivity contribution in [3.05, 3.63) is 24.4 Å². The van der Waals surface area contributed by atoms with E-state index in [0.717, 1.165) is 10.8 Å². The number of nitrogens with one attached hydrogen (secondary N) is 1. The van der Waals surface area contributed by atoms with Crippen LogP contribution in [0.4, 0.5) is 0 Å². The summed E-state index contributed by atoms with van der Waals surface area (Å²) >= 11 is 1.61. The molecule has 1 saturated heterocycles. The zero-order valence-corrected chi connectivity index (χ0v) is 12.4. The van der Waals surface area contributed by atoms with Gasteiger partial charge in [0.2, 0.25) is 11.8 Å². The van der Waals surface area contributed by atoms with Gasteiger partial charge >= 0.3 is 0 Å². The highest BCUT2D eigenvalue weighted by Crippen LogP contribution is 2.17. The second-order valence-electron chi connectivity index (χ2n) is 4.64. The monoisotopic (exact) mass is 293 g/mol. The predicted octanol–water partition coefficient (Wildman–Crippen LogP) is 1.16. The van der Waals surface area contributed by atoms with Crippen molar-refractivity contribution in [3.63, 3.8) is 0 Å². The number of nitrogens with zero attached hydrogens (tertiary/aromatic N) is 2. The lowest BCUT2D eigenvalue weighted by Gasteiger charge is -2.13. The molecule has 6 heteroatoms. The highest BCUT2D eigenvalue weighted by atomic mass is 32.2. The lowest BCUT2D eigenvalue weighted by Crippen LogP contribution is -2.34. The van der Waals surface area contributed by atoms with Gasteiger partial charge < -0.3 is 10.2 Å². The number of amides is 2. The first kappa shape index (κ1) is 14.8. The molecule has 2 heterocycles. The minimum Gasteiger partial charge on any atom is -0.355 e. The summed E-state index contributed by atoms with van der Waals surface area (Å²) in [6, 6.07) is 5.76. The second kappa shape index (κ2) is 7.28. The second-order valence-corrected chi connectivity index (χ2v) is 5.76. The highest BCUT2D eigenvalue weighted by Gasteiger charge is 2.32. The van der Waals surface area contributed by atoms with Gasteiger partial charge in [-0.2, -0.15) is 0 Å². The summed E-state index contributed by atoms with van der Waals surface area (Å²) in [4.78, 5) is 29.4. The van der Waals surface area contributed by atoms with Gasteiger partial charge in [-0.15, -0.1) is 11.8 Å². The number of aromatic nitrogens is 1. The number of thioether (sulfide) groups is 1. The Morgan fingerprint density at radius 2 is 2.40 bits per heavy atom. The molecule has 108 valence electrons. The summed E-state index contributed by atoms with van der Waals surface area (Å²) in [5, 5.41) is 3.85.